The molecular weight excluding hydrogens is 701 g/mol. The molecule has 0 spiro atoms. The summed E-state index contributed by atoms with van der Waals surface area (Å²) < 4.78 is 57.6. The van der Waals surface area contributed by atoms with Crippen LogP contribution in [0.1, 0.15) is 67.9 Å². The van der Waals surface area contributed by atoms with Crippen LogP contribution in [-0.4, -0.2) is 41.5 Å². The zero-order chi connectivity index (χ0) is 35.4. The van der Waals surface area contributed by atoms with Crippen molar-refractivity contribution in [2.24, 2.45) is 5.41 Å². The molecular formula is C38H36BrF3N2O5. The Morgan fingerprint density at radius 3 is 2.16 bits per heavy atom. The number of carbonyl (C=O) groups excluding carboxylic acids is 2. The number of hydrogen-bond donors (Lipinski definition) is 1. The Morgan fingerprint density at radius 1 is 0.898 bits per heavy atom. The number of para-hydroxylation sites is 2. The van der Waals surface area contributed by atoms with E-state index in [1.54, 1.807) is 40.0 Å². The monoisotopic (exact) mass is 736 g/mol. The number of aromatic nitrogens is 1. The summed E-state index contributed by atoms with van der Waals surface area (Å²) in [6.45, 7) is 7.13. The fourth-order valence-electron chi connectivity index (χ4n) is 7.03. The highest BCUT2D eigenvalue weighted by Crippen LogP contribution is 2.56. The minimum absolute atomic E-state index is 0.140. The van der Waals surface area contributed by atoms with Crippen LogP contribution in [0.25, 0.3) is 27.7 Å². The maximum Gasteiger partial charge on any atom is 0.573 e. The lowest BCUT2D eigenvalue weighted by molar-refractivity contribution is -0.274. The van der Waals surface area contributed by atoms with E-state index >= 15 is 0 Å². The Labute approximate surface area is 291 Å². The van der Waals surface area contributed by atoms with E-state index in [9.17, 15) is 22.8 Å². The molecule has 256 valence electrons. The number of rotatable bonds is 7. The molecule has 1 saturated carbocycles. The second kappa shape index (κ2) is 12.5. The number of ether oxygens (including phenoxy) is 3. The minimum Gasteiger partial charge on any atom is -0.496 e. The summed E-state index contributed by atoms with van der Waals surface area (Å²) >= 11 is 3.53. The number of carbonyl (C=O) groups is 2. The highest BCUT2D eigenvalue weighted by atomic mass is 79.9. The van der Waals surface area contributed by atoms with Gasteiger partial charge in [0.15, 0.2) is 0 Å². The van der Waals surface area contributed by atoms with Crippen LogP contribution in [0.15, 0.2) is 77.3 Å². The Kier molecular flexibility index (Phi) is 8.80. The molecule has 0 aliphatic heterocycles. The molecule has 0 atom stereocenters. The van der Waals surface area contributed by atoms with Crippen LogP contribution in [0.4, 0.5) is 13.2 Å². The Morgan fingerprint density at radius 2 is 1.53 bits per heavy atom. The SMILES string of the molecule is COc1ccccc1-c1nc2ccc(Br)cc2c(C(=O)NC23CCC(C(=O)OC(C)(C)C)(C=C2c2ccccc2OC(F)(F)F)CC3)c1C. The van der Waals surface area contributed by atoms with Crippen LogP contribution < -0.4 is 14.8 Å². The van der Waals surface area contributed by atoms with Crippen molar-refractivity contribution in [1.29, 1.82) is 0 Å². The summed E-state index contributed by atoms with van der Waals surface area (Å²) in [5.41, 5.74) is 0.361. The molecule has 1 heterocycles. The molecule has 4 aromatic rings. The van der Waals surface area contributed by atoms with E-state index in [4.69, 9.17) is 14.5 Å². The van der Waals surface area contributed by atoms with E-state index < -0.39 is 40.5 Å². The molecule has 7 nitrogen and oxygen atoms in total. The van der Waals surface area contributed by atoms with E-state index in [0.717, 1.165) is 4.47 Å². The second-order valence-electron chi connectivity index (χ2n) is 13.6. The molecule has 11 heteroatoms. The predicted octanol–water partition coefficient (Wildman–Crippen LogP) is 9.35. The van der Waals surface area contributed by atoms with Crippen LogP contribution >= 0.6 is 15.9 Å². The van der Waals surface area contributed by atoms with Gasteiger partial charge in [-0.15, -0.1) is 13.2 Å². The van der Waals surface area contributed by atoms with E-state index in [1.807, 2.05) is 49.4 Å². The summed E-state index contributed by atoms with van der Waals surface area (Å²) in [6, 6.07) is 18.7. The van der Waals surface area contributed by atoms with E-state index in [2.05, 4.69) is 26.0 Å². The van der Waals surface area contributed by atoms with Crippen molar-refractivity contribution < 1.29 is 37.0 Å². The Balaban J connectivity index is 1.51. The summed E-state index contributed by atoms with van der Waals surface area (Å²) in [5, 5.41) is 3.87. The van der Waals surface area contributed by atoms with Crippen molar-refractivity contribution >= 4 is 44.3 Å². The van der Waals surface area contributed by atoms with Crippen LogP contribution in [0, 0.1) is 12.3 Å². The molecule has 0 radical (unpaired) electrons. The van der Waals surface area contributed by atoms with Gasteiger partial charge in [0.25, 0.3) is 5.91 Å². The first-order chi connectivity index (χ1) is 23.0. The van der Waals surface area contributed by atoms with Crippen LogP contribution in [-0.2, 0) is 9.53 Å². The molecule has 1 amide bonds. The van der Waals surface area contributed by atoms with Gasteiger partial charge in [-0.2, -0.15) is 0 Å². The third-order valence-electron chi connectivity index (χ3n) is 9.27. The molecule has 1 fully saturated rings. The van der Waals surface area contributed by atoms with Crippen molar-refractivity contribution in [3.63, 3.8) is 0 Å². The number of pyridine rings is 1. The molecule has 49 heavy (non-hydrogen) atoms. The first kappa shape index (κ1) is 34.5. The number of amides is 1. The average molecular weight is 738 g/mol. The maximum atomic E-state index is 14.8. The molecule has 3 aliphatic rings. The third kappa shape index (κ3) is 6.65. The lowest BCUT2D eigenvalue weighted by Gasteiger charge is -2.52. The fraction of sp³-hybridized carbons (Fsp3) is 0.342. The average Bonchev–Trinajstić information content (AvgIpc) is 3.03. The van der Waals surface area contributed by atoms with Gasteiger partial charge in [0.1, 0.15) is 17.1 Å². The van der Waals surface area contributed by atoms with Gasteiger partial charge in [-0.25, -0.2) is 4.98 Å². The lowest BCUT2D eigenvalue weighted by Crippen LogP contribution is -2.58. The van der Waals surface area contributed by atoms with Gasteiger partial charge in [-0.05, 0) is 101 Å². The summed E-state index contributed by atoms with van der Waals surface area (Å²) in [7, 11) is 1.57. The number of benzene rings is 3. The van der Waals surface area contributed by atoms with Gasteiger partial charge in [-0.1, -0.05) is 52.3 Å². The highest BCUT2D eigenvalue weighted by Gasteiger charge is 2.55. The van der Waals surface area contributed by atoms with Crippen molar-refractivity contribution in [3.05, 3.63) is 94.0 Å². The molecule has 3 aliphatic carbocycles. The molecule has 1 N–H and O–H groups in total. The Hall–Kier alpha value is -4.38. The largest absolute Gasteiger partial charge is 0.573 e. The predicted molar refractivity (Wildman–Crippen MR) is 184 cm³/mol. The zero-order valence-electron chi connectivity index (χ0n) is 27.8. The number of halogens is 4. The van der Waals surface area contributed by atoms with Gasteiger partial charge in [0.05, 0.1) is 34.8 Å². The van der Waals surface area contributed by atoms with Crippen LogP contribution in [0.2, 0.25) is 0 Å². The number of nitrogens with one attached hydrogen (secondary N) is 1. The first-order valence-corrected chi connectivity index (χ1v) is 16.7. The van der Waals surface area contributed by atoms with Crippen molar-refractivity contribution in [2.45, 2.75) is 70.9 Å². The number of hydrogen-bond acceptors (Lipinski definition) is 6. The van der Waals surface area contributed by atoms with E-state index in [1.165, 1.54) is 18.2 Å². The van der Waals surface area contributed by atoms with E-state index in [0.29, 0.717) is 57.5 Å². The van der Waals surface area contributed by atoms with Gasteiger partial charge >= 0.3 is 12.3 Å². The zero-order valence-corrected chi connectivity index (χ0v) is 29.3. The standard InChI is InChI=1S/C38H36BrF3N2O5/c1-22-31(26-20-23(39)14-15-28(26)43-32(22)25-11-7-8-12-29(25)47-5)33(45)44-37-18-16-36(17-19-37,34(46)49-35(2,3)4)21-27(37)24-10-6-9-13-30(24)48-38(40,41)42/h6-15,20-21H,16-19H2,1-5H3,(H,44,45). The van der Waals surface area contributed by atoms with Gasteiger partial charge in [-0.3, -0.25) is 9.59 Å². The number of alkyl halides is 3. The Bertz CT molecular complexity index is 1990. The molecule has 1 aromatic heterocycles. The molecule has 2 bridgehead atoms. The minimum atomic E-state index is -4.96. The quantitative estimate of drug-likeness (QED) is 0.190. The van der Waals surface area contributed by atoms with Crippen molar-refractivity contribution in [3.8, 4) is 22.8 Å². The fourth-order valence-corrected chi connectivity index (χ4v) is 7.39. The number of fused-ring (bicyclic) bond motifs is 3. The molecule has 0 unspecified atom stereocenters. The van der Waals surface area contributed by atoms with Gasteiger partial charge < -0.3 is 19.5 Å². The van der Waals surface area contributed by atoms with Gasteiger partial charge in [0.2, 0.25) is 0 Å². The van der Waals surface area contributed by atoms with Crippen molar-refractivity contribution in [1.82, 2.24) is 10.3 Å². The number of nitrogens with zero attached hydrogens (tertiary/aromatic N) is 1. The number of methoxy groups -OCH3 is 1. The molecule has 0 saturated heterocycles. The smallest absolute Gasteiger partial charge is 0.496 e. The maximum absolute atomic E-state index is 14.8. The summed E-state index contributed by atoms with van der Waals surface area (Å²) in [6.07, 6.45) is -2.02. The lowest BCUT2D eigenvalue weighted by atomic mass is 9.57. The summed E-state index contributed by atoms with van der Waals surface area (Å²) in [4.78, 5) is 33.4. The molecule has 3 aromatic carbocycles. The number of esters is 1. The van der Waals surface area contributed by atoms with E-state index in [-0.39, 0.29) is 18.4 Å². The first-order valence-electron chi connectivity index (χ1n) is 15.9. The second-order valence-corrected chi connectivity index (χ2v) is 14.5. The highest BCUT2D eigenvalue weighted by molar-refractivity contribution is 9.10. The molecule has 7 rings (SSSR count). The van der Waals surface area contributed by atoms with Gasteiger partial charge in [0, 0.05) is 21.0 Å². The topological polar surface area (TPSA) is 86.8 Å². The van der Waals surface area contributed by atoms with Crippen LogP contribution in [0.5, 0.6) is 11.5 Å². The van der Waals surface area contributed by atoms with Crippen LogP contribution in [0.3, 0.4) is 0 Å². The normalized spacial score (nSPS) is 20.5. The summed E-state index contributed by atoms with van der Waals surface area (Å²) in [5.74, 6) is -0.710. The third-order valence-corrected chi connectivity index (χ3v) is 9.77. The van der Waals surface area contributed by atoms with Crippen molar-refractivity contribution in [2.75, 3.05) is 7.11 Å².